The van der Waals surface area contributed by atoms with Crippen LogP contribution in [0.5, 0.6) is 0 Å². The van der Waals surface area contributed by atoms with Crippen LogP contribution in [0, 0.1) is 0 Å². The Kier molecular flexibility index (Phi) is 4.61. The number of hydrogen-bond donors (Lipinski definition) is 3. The van der Waals surface area contributed by atoms with Crippen LogP contribution in [-0.2, 0) is 0 Å². The maximum atomic E-state index is 12.2. The lowest BCUT2D eigenvalue weighted by atomic mass is 10.2. The molecule has 3 N–H and O–H groups in total. The summed E-state index contributed by atoms with van der Waals surface area (Å²) >= 11 is 0. The third-order valence-corrected chi connectivity index (χ3v) is 3.96. The number of rotatable bonds is 4. The van der Waals surface area contributed by atoms with E-state index in [4.69, 9.17) is 0 Å². The van der Waals surface area contributed by atoms with Crippen molar-refractivity contribution in [2.45, 2.75) is 0 Å². The molecule has 27 heavy (non-hydrogen) atoms. The molecule has 6 heteroatoms. The average molecular weight is 355 g/mol. The van der Waals surface area contributed by atoms with E-state index in [2.05, 4.69) is 25.9 Å². The second kappa shape index (κ2) is 7.53. The topological polar surface area (TPSA) is 78.9 Å². The number of urea groups is 1. The lowest BCUT2D eigenvalue weighted by molar-refractivity contribution is 0.262. The van der Waals surface area contributed by atoms with Crippen LogP contribution < -0.4 is 16.0 Å². The summed E-state index contributed by atoms with van der Waals surface area (Å²) in [5.41, 5.74) is 3.07. The molecule has 3 aromatic carbocycles. The summed E-state index contributed by atoms with van der Waals surface area (Å²) in [6.45, 7) is 0. The summed E-state index contributed by atoms with van der Waals surface area (Å²) in [6, 6.07) is 24.3. The van der Waals surface area contributed by atoms with Crippen molar-refractivity contribution >= 4 is 39.8 Å². The highest BCUT2D eigenvalue weighted by Crippen LogP contribution is 2.25. The lowest BCUT2D eigenvalue weighted by Crippen LogP contribution is -2.19. The molecule has 2 amide bonds. The van der Waals surface area contributed by atoms with E-state index >= 15 is 0 Å². The minimum atomic E-state index is -0.308. The summed E-state index contributed by atoms with van der Waals surface area (Å²) in [6.07, 6.45) is 1.50. The summed E-state index contributed by atoms with van der Waals surface area (Å²) < 4.78 is 0. The molecule has 4 rings (SSSR count). The normalized spacial score (nSPS) is 10.4. The highest BCUT2D eigenvalue weighted by atomic mass is 16.2. The molecule has 1 aromatic heterocycles. The summed E-state index contributed by atoms with van der Waals surface area (Å²) in [7, 11) is 0. The molecule has 0 fully saturated rings. The van der Waals surface area contributed by atoms with Gasteiger partial charge in [0.1, 0.15) is 12.1 Å². The summed E-state index contributed by atoms with van der Waals surface area (Å²) in [5.74, 6) is 0.714. The summed E-state index contributed by atoms with van der Waals surface area (Å²) in [5, 5.41) is 9.77. The lowest BCUT2D eigenvalue weighted by Gasteiger charge is -2.10. The Balaban J connectivity index is 1.53. The van der Waals surface area contributed by atoms with E-state index in [1.807, 2.05) is 78.9 Å². The second-order valence-corrected chi connectivity index (χ2v) is 5.89. The Hall–Kier alpha value is -3.93. The molecule has 0 radical (unpaired) electrons. The van der Waals surface area contributed by atoms with Gasteiger partial charge < -0.3 is 16.0 Å². The Labute approximate surface area is 156 Å². The Morgan fingerprint density at radius 3 is 2.11 bits per heavy atom. The van der Waals surface area contributed by atoms with Gasteiger partial charge in [-0.15, -0.1) is 0 Å². The molecule has 1 heterocycles. The monoisotopic (exact) mass is 355 g/mol. The molecule has 0 saturated heterocycles. The first kappa shape index (κ1) is 16.5. The van der Waals surface area contributed by atoms with Gasteiger partial charge in [0.2, 0.25) is 0 Å². The van der Waals surface area contributed by atoms with Gasteiger partial charge in [0.25, 0.3) is 0 Å². The van der Waals surface area contributed by atoms with Gasteiger partial charge >= 0.3 is 6.03 Å². The fraction of sp³-hybridized carbons (Fsp3) is 0. The van der Waals surface area contributed by atoms with Crippen molar-refractivity contribution in [1.82, 2.24) is 9.97 Å². The fourth-order valence-corrected chi connectivity index (χ4v) is 2.71. The largest absolute Gasteiger partial charge is 0.340 e. The Morgan fingerprint density at radius 2 is 1.37 bits per heavy atom. The van der Waals surface area contributed by atoms with Crippen LogP contribution in [0.1, 0.15) is 0 Å². The van der Waals surface area contributed by atoms with Crippen LogP contribution in [0.25, 0.3) is 10.9 Å². The molecule has 0 bridgehead atoms. The quantitative estimate of drug-likeness (QED) is 0.480. The number of aromatic nitrogens is 2. The van der Waals surface area contributed by atoms with E-state index in [0.717, 1.165) is 22.3 Å². The SMILES string of the molecule is O=C(Nc1ccccc1)Nc1ccc2c(Nc3ccccc3)ncnc2c1. The van der Waals surface area contributed by atoms with Crippen LogP contribution in [0.2, 0.25) is 0 Å². The molecule has 0 aliphatic carbocycles. The van der Waals surface area contributed by atoms with Crippen molar-refractivity contribution in [2.24, 2.45) is 0 Å². The van der Waals surface area contributed by atoms with Gasteiger partial charge in [0.05, 0.1) is 5.52 Å². The molecule has 0 aliphatic rings. The number of carbonyl (C=O) groups excluding carboxylic acids is 1. The number of anilines is 4. The van der Waals surface area contributed by atoms with Crippen molar-refractivity contribution in [2.75, 3.05) is 16.0 Å². The molecule has 0 atom stereocenters. The number of para-hydroxylation sites is 2. The molecule has 4 aromatic rings. The fourth-order valence-electron chi connectivity index (χ4n) is 2.71. The van der Waals surface area contributed by atoms with Gasteiger partial charge in [0.15, 0.2) is 0 Å². The number of amides is 2. The van der Waals surface area contributed by atoms with Crippen LogP contribution in [0.4, 0.5) is 27.7 Å². The zero-order valence-corrected chi connectivity index (χ0v) is 14.4. The minimum Gasteiger partial charge on any atom is -0.340 e. The van der Waals surface area contributed by atoms with E-state index in [1.165, 1.54) is 6.33 Å². The maximum absolute atomic E-state index is 12.2. The second-order valence-electron chi connectivity index (χ2n) is 5.89. The van der Waals surface area contributed by atoms with Crippen molar-refractivity contribution in [1.29, 1.82) is 0 Å². The predicted octanol–water partition coefficient (Wildman–Crippen LogP) is 5.02. The molecule has 132 valence electrons. The van der Waals surface area contributed by atoms with Crippen molar-refractivity contribution in [3.05, 3.63) is 85.2 Å². The van der Waals surface area contributed by atoms with E-state index in [9.17, 15) is 4.79 Å². The third-order valence-electron chi connectivity index (χ3n) is 3.96. The van der Waals surface area contributed by atoms with E-state index in [0.29, 0.717) is 11.5 Å². The zero-order valence-electron chi connectivity index (χ0n) is 14.4. The van der Waals surface area contributed by atoms with Gasteiger partial charge in [-0.05, 0) is 42.5 Å². The van der Waals surface area contributed by atoms with Crippen LogP contribution >= 0.6 is 0 Å². The van der Waals surface area contributed by atoms with E-state index in [-0.39, 0.29) is 6.03 Å². The zero-order chi connectivity index (χ0) is 18.5. The molecular weight excluding hydrogens is 338 g/mol. The van der Waals surface area contributed by atoms with Crippen molar-refractivity contribution in [3.8, 4) is 0 Å². The number of carbonyl (C=O) groups is 1. The molecule has 6 nitrogen and oxygen atoms in total. The van der Waals surface area contributed by atoms with Gasteiger partial charge in [0, 0.05) is 22.4 Å². The number of fused-ring (bicyclic) bond motifs is 1. The standard InChI is InChI=1S/C21H17N5O/c27-21(25-16-9-5-2-6-10-16)26-17-11-12-18-19(13-17)22-14-23-20(18)24-15-7-3-1-4-8-15/h1-14H,(H,22,23,24)(H2,25,26,27). The minimum absolute atomic E-state index is 0.308. The van der Waals surface area contributed by atoms with Gasteiger partial charge in [-0.1, -0.05) is 36.4 Å². The number of benzene rings is 3. The Bertz CT molecular complexity index is 1070. The third kappa shape index (κ3) is 4.01. The van der Waals surface area contributed by atoms with Gasteiger partial charge in [-0.3, -0.25) is 0 Å². The molecule has 0 aliphatic heterocycles. The number of hydrogen-bond acceptors (Lipinski definition) is 4. The molecular formula is C21H17N5O. The first-order chi connectivity index (χ1) is 13.3. The first-order valence-electron chi connectivity index (χ1n) is 8.48. The van der Waals surface area contributed by atoms with Crippen LogP contribution in [0.15, 0.2) is 85.2 Å². The van der Waals surface area contributed by atoms with Crippen LogP contribution in [-0.4, -0.2) is 16.0 Å². The Morgan fingerprint density at radius 1 is 0.704 bits per heavy atom. The number of nitrogens with zero attached hydrogens (tertiary/aromatic N) is 2. The molecule has 0 saturated carbocycles. The first-order valence-corrected chi connectivity index (χ1v) is 8.48. The maximum Gasteiger partial charge on any atom is 0.323 e. The van der Waals surface area contributed by atoms with E-state index < -0.39 is 0 Å². The molecule has 0 unspecified atom stereocenters. The van der Waals surface area contributed by atoms with Crippen molar-refractivity contribution in [3.63, 3.8) is 0 Å². The highest BCUT2D eigenvalue weighted by Gasteiger charge is 2.07. The smallest absolute Gasteiger partial charge is 0.323 e. The predicted molar refractivity (Wildman–Crippen MR) is 108 cm³/mol. The average Bonchev–Trinajstić information content (AvgIpc) is 2.69. The van der Waals surface area contributed by atoms with Gasteiger partial charge in [-0.2, -0.15) is 0 Å². The number of nitrogens with one attached hydrogen (secondary N) is 3. The van der Waals surface area contributed by atoms with Crippen molar-refractivity contribution < 1.29 is 4.79 Å². The molecule has 0 spiro atoms. The highest BCUT2D eigenvalue weighted by molar-refractivity contribution is 6.01. The summed E-state index contributed by atoms with van der Waals surface area (Å²) in [4.78, 5) is 20.8. The van der Waals surface area contributed by atoms with Gasteiger partial charge in [-0.25, -0.2) is 14.8 Å². The van der Waals surface area contributed by atoms with Crippen LogP contribution in [0.3, 0.4) is 0 Å². The van der Waals surface area contributed by atoms with E-state index in [1.54, 1.807) is 0 Å².